The minimum atomic E-state index is -0.828. The van der Waals surface area contributed by atoms with Crippen molar-refractivity contribution in [2.75, 3.05) is 16.8 Å². The van der Waals surface area contributed by atoms with Gasteiger partial charge in [0.05, 0.1) is 17.9 Å². The van der Waals surface area contributed by atoms with E-state index in [1.807, 2.05) is 0 Å². The number of fused-ring (bicyclic) bond motifs is 1. The van der Waals surface area contributed by atoms with Crippen LogP contribution in [0.15, 0.2) is 46.9 Å². The number of amides is 1. The Balaban J connectivity index is 1.86. The molecule has 0 radical (unpaired) electrons. The Bertz CT molecular complexity index is 880. The van der Waals surface area contributed by atoms with Crippen molar-refractivity contribution < 1.29 is 19.1 Å². The standard InChI is InChI=1S/C19H17BrN2O4/c1-3-26-19(25)12-4-7-14(8-5-12)21-18-17(24)15-10-13(20)6-9-16(15)22(18)11(2)23/h4-10,18,21H,3H2,1-2H3. The van der Waals surface area contributed by atoms with Crippen molar-refractivity contribution in [3.63, 3.8) is 0 Å². The second-order valence-corrected chi connectivity index (χ2v) is 6.68. The average Bonchev–Trinajstić information content (AvgIpc) is 2.88. The molecule has 0 saturated carbocycles. The third kappa shape index (κ3) is 3.35. The molecule has 1 aliphatic rings. The van der Waals surface area contributed by atoms with Crippen LogP contribution in [0.25, 0.3) is 0 Å². The summed E-state index contributed by atoms with van der Waals surface area (Å²) in [5.74, 6) is -0.829. The molecule has 2 aromatic rings. The minimum absolute atomic E-state index is 0.189. The fraction of sp³-hybridized carbons (Fsp3) is 0.211. The van der Waals surface area contributed by atoms with E-state index in [9.17, 15) is 14.4 Å². The number of nitrogens with one attached hydrogen (secondary N) is 1. The van der Waals surface area contributed by atoms with Crippen molar-refractivity contribution >= 4 is 45.0 Å². The molecular weight excluding hydrogens is 400 g/mol. The van der Waals surface area contributed by atoms with Crippen molar-refractivity contribution in [2.24, 2.45) is 0 Å². The lowest BCUT2D eigenvalue weighted by atomic mass is 10.1. The number of benzene rings is 2. The Labute approximate surface area is 159 Å². The molecule has 26 heavy (non-hydrogen) atoms. The molecule has 1 N–H and O–H groups in total. The molecule has 0 spiro atoms. The van der Waals surface area contributed by atoms with E-state index in [1.54, 1.807) is 49.4 Å². The van der Waals surface area contributed by atoms with Crippen LogP contribution in [0.5, 0.6) is 0 Å². The van der Waals surface area contributed by atoms with E-state index in [0.717, 1.165) is 4.47 Å². The third-order valence-corrected chi connectivity index (χ3v) is 4.52. The molecule has 0 aromatic heterocycles. The van der Waals surface area contributed by atoms with Crippen LogP contribution in [-0.4, -0.2) is 30.4 Å². The highest BCUT2D eigenvalue weighted by Gasteiger charge is 2.39. The fourth-order valence-electron chi connectivity index (χ4n) is 2.88. The summed E-state index contributed by atoms with van der Waals surface area (Å²) in [4.78, 5) is 38.0. The van der Waals surface area contributed by atoms with Gasteiger partial charge >= 0.3 is 5.97 Å². The van der Waals surface area contributed by atoms with Crippen LogP contribution >= 0.6 is 15.9 Å². The van der Waals surface area contributed by atoms with Crippen molar-refractivity contribution in [1.82, 2.24) is 0 Å². The zero-order valence-electron chi connectivity index (χ0n) is 14.3. The summed E-state index contributed by atoms with van der Waals surface area (Å²) >= 11 is 3.35. The van der Waals surface area contributed by atoms with Crippen LogP contribution in [0.3, 0.4) is 0 Å². The maximum atomic E-state index is 12.8. The van der Waals surface area contributed by atoms with Crippen LogP contribution < -0.4 is 10.2 Å². The first-order chi connectivity index (χ1) is 12.4. The van der Waals surface area contributed by atoms with Crippen molar-refractivity contribution in [3.05, 3.63) is 58.1 Å². The van der Waals surface area contributed by atoms with Gasteiger partial charge in [-0.25, -0.2) is 4.79 Å². The smallest absolute Gasteiger partial charge is 0.338 e. The summed E-state index contributed by atoms with van der Waals surface area (Å²) in [6.07, 6.45) is -0.828. The minimum Gasteiger partial charge on any atom is -0.462 e. The number of halogens is 1. The number of ether oxygens (including phenoxy) is 1. The first-order valence-electron chi connectivity index (χ1n) is 8.09. The highest BCUT2D eigenvalue weighted by molar-refractivity contribution is 9.10. The van der Waals surface area contributed by atoms with Gasteiger partial charge in [-0.1, -0.05) is 15.9 Å². The number of nitrogens with zero attached hydrogens (tertiary/aromatic N) is 1. The summed E-state index contributed by atoms with van der Waals surface area (Å²) in [6, 6.07) is 11.8. The zero-order chi connectivity index (χ0) is 18.8. The topological polar surface area (TPSA) is 75.7 Å². The van der Waals surface area contributed by atoms with Crippen molar-refractivity contribution in [2.45, 2.75) is 20.0 Å². The highest BCUT2D eigenvalue weighted by Crippen LogP contribution is 2.34. The van der Waals surface area contributed by atoms with E-state index >= 15 is 0 Å². The Morgan fingerprint density at radius 1 is 1.19 bits per heavy atom. The van der Waals surface area contributed by atoms with Crippen LogP contribution in [0, 0.1) is 0 Å². The summed E-state index contributed by atoms with van der Waals surface area (Å²) < 4.78 is 5.72. The van der Waals surface area contributed by atoms with Gasteiger partial charge in [0.25, 0.3) is 0 Å². The van der Waals surface area contributed by atoms with Crippen molar-refractivity contribution in [1.29, 1.82) is 0 Å². The summed E-state index contributed by atoms with van der Waals surface area (Å²) in [7, 11) is 0. The number of anilines is 2. The van der Waals surface area contributed by atoms with E-state index in [4.69, 9.17) is 4.74 Å². The molecule has 3 rings (SSSR count). The molecule has 1 atom stereocenters. The van der Waals surface area contributed by atoms with Gasteiger partial charge in [-0.3, -0.25) is 14.5 Å². The molecule has 1 amide bonds. The van der Waals surface area contributed by atoms with E-state index in [0.29, 0.717) is 29.1 Å². The Hall–Kier alpha value is -2.67. The van der Waals surface area contributed by atoms with Gasteiger partial charge < -0.3 is 10.1 Å². The van der Waals surface area contributed by atoms with Gasteiger partial charge in [-0.15, -0.1) is 0 Å². The summed E-state index contributed by atoms with van der Waals surface area (Å²) in [5, 5.41) is 3.07. The quantitative estimate of drug-likeness (QED) is 0.770. The highest BCUT2D eigenvalue weighted by atomic mass is 79.9. The fourth-order valence-corrected chi connectivity index (χ4v) is 3.24. The molecule has 134 valence electrons. The number of hydrogen-bond acceptors (Lipinski definition) is 5. The largest absolute Gasteiger partial charge is 0.462 e. The predicted molar refractivity (Wildman–Crippen MR) is 101 cm³/mol. The number of rotatable bonds is 4. The second kappa shape index (κ2) is 7.29. The predicted octanol–water partition coefficient (Wildman–Crippen LogP) is 3.61. The van der Waals surface area contributed by atoms with Gasteiger partial charge in [0, 0.05) is 22.6 Å². The first-order valence-corrected chi connectivity index (χ1v) is 8.89. The van der Waals surface area contributed by atoms with Crippen molar-refractivity contribution in [3.8, 4) is 0 Å². The molecule has 0 bridgehead atoms. The second-order valence-electron chi connectivity index (χ2n) is 5.76. The molecule has 0 aliphatic carbocycles. The van der Waals surface area contributed by atoms with Gasteiger partial charge in [0.1, 0.15) is 0 Å². The number of carbonyl (C=O) groups is 3. The van der Waals surface area contributed by atoms with Crippen LogP contribution in [0.4, 0.5) is 11.4 Å². The normalized spacial score (nSPS) is 15.6. The average molecular weight is 417 g/mol. The van der Waals surface area contributed by atoms with Gasteiger partial charge in [-0.2, -0.15) is 0 Å². The molecule has 1 unspecified atom stereocenters. The summed E-state index contributed by atoms with van der Waals surface area (Å²) in [5.41, 5.74) is 2.10. The lowest BCUT2D eigenvalue weighted by Crippen LogP contribution is -2.44. The Morgan fingerprint density at radius 3 is 2.50 bits per heavy atom. The third-order valence-electron chi connectivity index (χ3n) is 4.03. The monoisotopic (exact) mass is 416 g/mol. The maximum absolute atomic E-state index is 12.8. The lowest BCUT2D eigenvalue weighted by Gasteiger charge is -2.24. The molecular formula is C19H17BrN2O4. The molecule has 6 nitrogen and oxygen atoms in total. The molecule has 1 heterocycles. The molecule has 0 fully saturated rings. The van der Waals surface area contributed by atoms with Crippen LogP contribution in [0.1, 0.15) is 34.6 Å². The van der Waals surface area contributed by atoms with Gasteiger partial charge in [0.15, 0.2) is 6.17 Å². The first kappa shape index (κ1) is 18.1. The SMILES string of the molecule is CCOC(=O)c1ccc(NC2C(=O)c3cc(Br)ccc3N2C(C)=O)cc1. The number of ketones is 1. The number of carbonyl (C=O) groups excluding carboxylic acids is 3. The molecule has 7 heteroatoms. The number of esters is 1. The van der Waals surface area contributed by atoms with E-state index < -0.39 is 12.1 Å². The van der Waals surface area contributed by atoms with E-state index in [2.05, 4.69) is 21.2 Å². The van der Waals surface area contributed by atoms with Crippen LogP contribution in [-0.2, 0) is 9.53 Å². The summed E-state index contributed by atoms with van der Waals surface area (Å²) in [6.45, 7) is 3.46. The lowest BCUT2D eigenvalue weighted by molar-refractivity contribution is -0.116. The number of hydrogen-bond donors (Lipinski definition) is 1. The maximum Gasteiger partial charge on any atom is 0.338 e. The van der Waals surface area contributed by atoms with Gasteiger partial charge in [0.2, 0.25) is 11.7 Å². The zero-order valence-corrected chi connectivity index (χ0v) is 15.9. The Morgan fingerprint density at radius 2 is 1.88 bits per heavy atom. The molecule has 0 saturated heterocycles. The Kier molecular flexibility index (Phi) is 5.08. The van der Waals surface area contributed by atoms with Gasteiger partial charge in [-0.05, 0) is 49.4 Å². The molecule has 2 aromatic carbocycles. The molecule has 1 aliphatic heterocycles. The van der Waals surface area contributed by atoms with E-state index in [1.165, 1.54) is 11.8 Å². The van der Waals surface area contributed by atoms with Crippen LogP contribution in [0.2, 0.25) is 0 Å². The number of Topliss-reactive ketones (excluding diaryl/α,β-unsaturated/α-hetero) is 1. The van der Waals surface area contributed by atoms with E-state index in [-0.39, 0.29) is 11.7 Å².